The third-order valence-corrected chi connectivity index (χ3v) is 5.25. The van der Waals surface area contributed by atoms with Crippen LogP contribution in [-0.4, -0.2) is 18.6 Å². The molecule has 0 radical (unpaired) electrons. The van der Waals surface area contributed by atoms with Gasteiger partial charge < -0.3 is 10.6 Å². The second-order valence-corrected chi connectivity index (χ2v) is 6.59. The van der Waals surface area contributed by atoms with Crippen molar-refractivity contribution in [2.75, 3.05) is 6.54 Å². The number of hydrogen-bond donors (Lipinski definition) is 2. The van der Waals surface area contributed by atoms with Crippen LogP contribution in [0.1, 0.15) is 64.7 Å². The third-order valence-electron chi connectivity index (χ3n) is 5.25. The fourth-order valence-corrected chi connectivity index (χ4v) is 4.23. The molecule has 0 aromatic carbocycles. The van der Waals surface area contributed by atoms with Gasteiger partial charge in [-0.1, -0.05) is 39.2 Å². The van der Waals surface area contributed by atoms with Crippen LogP contribution in [0, 0.1) is 11.8 Å². The lowest BCUT2D eigenvalue weighted by Gasteiger charge is -2.43. The van der Waals surface area contributed by atoms with Crippen molar-refractivity contribution in [3.63, 3.8) is 0 Å². The summed E-state index contributed by atoms with van der Waals surface area (Å²) < 4.78 is 0. The standard InChI is InChI=1S/C18H32N2/c1-3-5-11-16-17(19-13-4-2)12-7-6-9-15-10-8-14-20-18(15)16/h13,15-20H,2-3,5-12,14H2,1H3. The molecule has 1 aliphatic carbocycles. The average molecular weight is 276 g/mol. The lowest BCUT2D eigenvalue weighted by atomic mass is 9.72. The van der Waals surface area contributed by atoms with Gasteiger partial charge in [0.25, 0.3) is 0 Å². The summed E-state index contributed by atoms with van der Waals surface area (Å²) in [6, 6.07) is 1.33. The van der Waals surface area contributed by atoms with Crippen molar-refractivity contribution >= 4 is 0 Å². The molecule has 1 saturated carbocycles. The zero-order valence-corrected chi connectivity index (χ0v) is 13.2. The molecule has 2 N–H and O–H groups in total. The molecule has 20 heavy (non-hydrogen) atoms. The van der Waals surface area contributed by atoms with Crippen molar-refractivity contribution < 1.29 is 0 Å². The van der Waals surface area contributed by atoms with Crippen molar-refractivity contribution in [3.8, 4) is 0 Å². The van der Waals surface area contributed by atoms with E-state index >= 15 is 0 Å². The molecule has 2 aliphatic rings. The number of nitrogens with one attached hydrogen (secondary N) is 2. The maximum atomic E-state index is 3.86. The molecule has 2 rings (SSSR count). The van der Waals surface area contributed by atoms with E-state index < -0.39 is 0 Å². The smallest absolute Gasteiger partial charge is 0.0393 e. The zero-order chi connectivity index (χ0) is 14.2. The first kappa shape index (κ1) is 15.7. The largest absolute Gasteiger partial charge is 0.382 e. The number of rotatable bonds is 5. The van der Waals surface area contributed by atoms with E-state index in [1.54, 1.807) is 0 Å². The van der Waals surface area contributed by atoms with Gasteiger partial charge in [0, 0.05) is 18.3 Å². The second-order valence-electron chi connectivity index (χ2n) is 6.59. The SMILES string of the molecule is C=C=CNC1CCCCC2CCCNC2C1CCCC. The summed E-state index contributed by atoms with van der Waals surface area (Å²) in [7, 11) is 0. The van der Waals surface area contributed by atoms with Crippen LogP contribution < -0.4 is 10.6 Å². The lowest BCUT2D eigenvalue weighted by molar-refractivity contribution is 0.137. The molecule has 4 atom stereocenters. The van der Waals surface area contributed by atoms with Gasteiger partial charge in [0.15, 0.2) is 0 Å². The summed E-state index contributed by atoms with van der Waals surface area (Å²) in [4.78, 5) is 0. The Labute approximate surface area is 125 Å². The Bertz CT molecular complexity index is 319. The van der Waals surface area contributed by atoms with Crippen LogP contribution in [0.3, 0.4) is 0 Å². The number of piperidine rings is 1. The van der Waals surface area contributed by atoms with Gasteiger partial charge in [-0.2, -0.15) is 0 Å². The Balaban J connectivity index is 2.11. The maximum Gasteiger partial charge on any atom is 0.0393 e. The zero-order valence-electron chi connectivity index (χ0n) is 13.2. The van der Waals surface area contributed by atoms with Gasteiger partial charge in [-0.15, -0.1) is 5.73 Å². The molecule has 1 heterocycles. The van der Waals surface area contributed by atoms with Gasteiger partial charge in [-0.05, 0) is 50.5 Å². The molecular weight excluding hydrogens is 244 g/mol. The van der Waals surface area contributed by atoms with E-state index in [1.807, 2.05) is 6.20 Å². The molecular formula is C18H32N2. The van der Waals surface area contributed by atoms with E-state index in [9.17, 15) is 0 Å². The highest BCUT2D eigenvalue weighted by atomic mass is 15.0. The molecule has 0 aromatic rings. The van der Waals surface area contributed by atoms with E-state index in [1.165, 1.54) is 64.3 Å². The van der Waals surface area contributed by atoms with Crippen molar-refractivity contribution in [2.24, 2.45) is 11.8 Å². The Morgan fingerprint density at radius 1 is 1.25 bits per heavy atom. The minimum Gasteiger partial charge on any atom is -0.382 e. The molecule has 2 nitrogen and oxygen atoms in total. The van der Waals surface area contributed by atoms with Crippen LogP contribution >= 0.6 is 0 Å². The number of unbranched alkanes of at least 4 members (excludes halogenated alkanes) is 1. The summed E-state index contributed by atoms with van der Waals surface area (Å²) in [5, 5.41) is 7.46. The van der Waals surface area contributed by atoms with E-state index in [-0.39, 0.29) is 0 Å². The Morgan fingerprint density at radius 2 is 2.05 bits per heavy atom. The van der Waals surface area contributed by atoms with Gasteiger partial charge in [0.1, 0.15) is 0 Å². The minimum absolute atomic E-state index is 0.606. The monoisotopic (exact) mass is 276 g/mol. The summed E-state index contributed by atoms with van der Waals surface area (Å²) in [5.41, 5.74) is 2.89. The lowest BCUT2D eigenvalue weighted by Crippen LogP contribution is -2.53. The van der Waals surface area contributed by atoms with Crippen LogP contribution in [0.25, 0.3) is 0 Å². The maximum absolute atomic E-state index is 3.86. The normalized spacial score (nSPS) is 34.2. The first-order valence-electron chi connectivity index (χ1n) is 8.70. The number of hydrogen-bond acceptors (Lipinski definition) is 2. The van der Waals surface area contributed by atoms with Crippen molar-refractivity contribution in [3.05, 3.63) is 18.5 Å². The predicted octanol–water partition coefficient (Wildman–Crippen LogP) is 3.99. The highest BCUT2D eigenvalue weighted by molar-refractivity contribution is 4.95. The Morgan fingerprint density at radius 3 is 2.85 bits per heavy atom. The van der Waals surface area contributed by atoms with Crippen LogP contribution in [0.15, 0.2) is 18.5 Å². The van der Waals surface area contributed by atoms with Gasteiger partial charge in [-0.3, -0.25) is 0 Å². The summed E-state index contributed by atoms with van der Waals surface area (Å²) in [6.45, 7) is 7.22. The second kappa shape index (κ2) is 8.54. The minimum atomic E-state index is 0.606. The molecule has 1 aliphatic heterocycles. The molecule has 0 bridgehead atoms. The molecule has 1 saturated heterocycles. The van der Waals surface area contributed by atoms with Gasteiger partial charge in [0.2, 0.25) is 0 Å². The summed E-state index contributed by atoms with van der Waals surface area (Å²) in [5.74, 6) is 1.67. The summed E-state index contributed by atoms with van der Waals surface area (Å²) in [6.07, 6.45) is 14.3. The fraction of sp³-hybridized carbons (Fsp3) is 0.833. The van der Waals surface area contributed by atoms with E-state index in [4.69, 9.17) is 0 Å². The first-order valence-corrected chi connectivity index (χ1v) is 8.70. The van der Waals surface area contributed by atoms with Crippen molar-refractivity contribution in [2.45, 2.75) is 76.8 Å². The molecule has 2 fully saturated rings. The predicted molar refractivity (Wildman–Crippen MR) is 86.6 cm³/mol. The highest BCUT2D eigenvalue weighted by Gasteiger charge is 2.36. The van der Waals surface area contributed by atoms with E-state index in [0.29, 0.717) is 6.04 Å². The fourth-order valence-electron chi connectivity index (χ4n) is 4.23. The molecule has 114 valence electrons. The highest BCUT2D eigenvalue weighted by Crippen LogP contribution is 2.35. The van der Waals surface area contributed by atoms with Gasteiger partial charge in [-0.25, -0.2) is 0 Å². The van der Waals surface area contributed by atoms with Gasteiger partial charge >= 0.3 is 0 Å². The molecule has 4 unspecified atom stereocenters. The van der Waals surface area contributed by atoms with Crippen LogP contribution in [0.4, 0.5) is 0 Å². The van der Waals surface area contributed by atoms with Crippen LogP contribution in [-0.2, 0) is 0 Å². The average Bonchev–Trinajstić information content (AvgIpc) is 2.47. The Hall–Kier alpha value is -0.720. The van der Waals surface area contributed by atoms with Crippen LogP contribution in [0.2, 0.25) is 0 Å². The molecule has 0 spiro atoms. The van der Waals surface area contributed by atoms with Crippen LogP contribution in [0.5, 0.6) is 0 Å². The molecule has 2 heteroatoms. The van der Waals surface area contributed by atoms with Gasteiger partial charge in [0.05, 0.1) is 0 Å². The van der Waals surface area contributed by atoms with E-state index in [0.717, 1.165) is 17.9 Å². The third kappa shape index (κ3) is 4.14. The molecule has 0 aromatic heterocycles. The van der Waals surface area contributed by atoms with E-state index in [2.05, 4.69) is 29.9 Å². The summed E-state index contributed by atoms with van der Waals surface area (Å²) >= 11 is 0. The Kier molecular flexibility index (Phi) is 6.69. The number of fused-ring (bicyclic) bond motifs is 1. The van der Waals surface area contributed by atoms with Crippen molar-refractivity contribution in [1.29, 1.82) is 0 Å². The topological polar surface area (TPSA) is 24.1 Å². The van der Waals surface area contributed by atoms with Crippen molar-refractivity contribution in [1.82, 2.24) is 10.6 Å². The first-order chi connectivity index (χ1) is 9.86. The quantitative estimate of drug-likeness (QED) is 0.742. The molecule has 0 amide bonds.